The monoisotopic (exact) mass is 472 g/mol. The largest absolute Gasteiger partial charge is 0.378 e. The third kappa shape index (κ3) is 4.58. The number of fused-ring (bicyclic) bond motifs is 1. The quantitative estimate of drug-likeness (QED) is 0.390. The van der Waals surface area contributed by atoms with Gasteiger partial charge < -0.3 is 24.0 Å². The molecule has 1 aliphatic rings. The molecule has 0 amide bonds. The van der Waals surface area contributed by atoms with Crippen molar-refractivity contribution in [2.45, 2.75) is 4.90 Å². The maximum absolute atomic E-state index is 4.67. The molecule has 5 rings (SSSR count). The van der Waals surface area contributed by atoms with Crippen molar-refractivity contribution in [3.8, 4) is 11.1 Å². The van der Waals surface area contributed by atoms with Crippen LogP contribution in [-0.4, -0.2) is 61.8 Å². The summed E-state index contributed by atoms with van der Waals surface area (Å²) in [6, 6.07) is 19.5. The third-order valence-electron chi connectivity index (χ3n) is 6.50. The van der Waals surface area contributed by atoms with Crippen LogP contribution in [0.15, 0.2) is 71.9 Å². The number of anilines is 3. The Hall–Kier alpha value is -3.16. The molecule has 0 aliphatic carbocycles. The minimum absolute atomic E-state index is 0.974. The Balaban J connectivity index is 1.43. The lowest BCUT2D eigenvalue weighted by molar-refractivity contribution is 0.313. The molecule has 0 saturated carbocycles. The number of aromatic nitrogens is 2. The van der Waals surface area contributed by atoms with Crippen LogP contribution in [0.2, 0.25) is 0 Å². The molecule has 3 heterocycles. The number of benzene rings is 2. The van der Waals surface area contributed by atoms with Gasteiger partial charge in [-0.15, -0.1) is 0 Å². The first-order valence-corrected chi connectivity index (χ1v) is 12.5. The van der Waals surface area contributed by atoms with Crippen LogP contribution in [0.3, 0.4) is 0 Å². The van der Waals surface area contributed by atoms with E-state index in [1.54, 1.807) is 11.9 Å². The van der Waals surface area contributed by atoms with Crippen molar-refractivity contribution in [1.82, 2.24) is 14.5 Å². The van der Waals surface area contributed by atoms with E-state index in [4.69, 9.17) is 0 Å². The van der Waals surface area contributed by atoms with Gasteiger partial charge in [0.25, 0.3) is 0 Å². The Morgan fingerprint density at radius 3 is 2.53 bits per heavy atom. The zero-order valence-corrected chi connectivity index (χ0v) is 21.1. The second-order valence-corrected chi connectivity index (χ2v) is 10.0. The summed E-state index contributed by atoms with van der Waals surface area (Å²) in [5, 5.41) is 1.14. The summed E-state index contributed by atoms with van der Waals surface area (Å²) in [5.74, 6) is 0. The molecule has 7 heteroatoms. The Bertz CT molecular complexity index is 1290. The van der Waals surface area contributed by atoms with Crippen LogP contribution in [0.25, 0.3) is 22.2 Å². The first kappa shape index (κ1) is 22.6. The minimum atomic E-state index is 0.974. The number of nitrogens with one attached hydrogen (secondary N) is 1. The molecule has 1 fully saturated rings. The smallest absolute Gasteiger partial charge is 0.142 e. The summed E-state index contributed by atoms with van der Waals surface area (Å²) < 4.78 is 5.74. The van der Waals surface area contributed by atoms with Crippen molar-refractivity contribution in [2.75, 3.05) is 61.8 Å². The van der Waals surface area contributed by atoms with Crippen LogP contribution in [-0.2, 0) is 7.05 Å². The molecule has 6 nitrogen and oxygen atoms in total. The highest BCUT2D eigenvalue weighted by Gasteiger charge is 2.16. The molecule has 0 bridgehead atoms. The minimum Gasteiger partial charge on any atom is -0.378 e. The molecule has 0 radical (unpaired) electrons. The molecule has 176 valence electrons. The van der Waals surface area contributed by atoms with Crippen LogP contribution in [0.5, 0.6) is 0 Å². The predicted octanol–water partition coefficient (Wildman–Crippen LogP) is 5.18. The molecule has 34 heavy (non-hydrogen) atoms. The van der Waals surface area contributed by atoms with Crippen LogP contribution >= 0.6 is 11.9 Å². The van der Waals surface area contributed by atoms with Crippen LogP contribution in [0.4, 0.5) is 17.1 Å². The average Bonchev–Trinajstić information content (AvgIpc) is 3.20. The molecule has 2 aromatic heterocycles. The maximum atomic E-state index is 4.67. The SMILES string of the molecule is CN1CCN(c2cccc(SNc3ccnc4c3c(-c3cccc(N(C)C)c3)cn4C)c2)CC1. The number of pyridine rings is 1. The number of piperazine rings is 1. The van der Waals surface area contributed by atoms with E-state index in [0.717, 1.165) is 42.9 Å². The van der Waals surface area contributed by atoms with Gasteiger partial charge in [0.05, 0.1) is 11.1 Å². The topological polar surface area (TPSA) is 39.6 Å². The van der Waals surface area contributed by atoms with E-state index >= 15 is 0 Å². The second-order valence-electron chi connectivity index (χ2n) is 9.15. The van der Waals surface area contributed by atoms with Crippen LogP contribution < -0.4 is 14.5 Å². The van der Waals surface area contributed by atoms with Crippen molar-refractivity contribution in [1.29, 1.82) is 0 Å². The van der Waals surface area contributed by atoms with Gasteiger partial charge in [-0.05, 0) is 61.0 Å². The van der Waals surface area contributed by atoms with Gasteiger partial charge in [-0.1, -0.05) is 18.2 Å². The number of nitrogens with zero attached hydrogens (tertiary/aromatic N) is 5. The predicted molar refractivity (Wildman–Crippen MR) is 146 cm³/mol. The van der Waals surface area contributed by atoms with Gasteiger partial charge in [0, 0.05) is 81.5 Å². The highest BCUT2D eigenvalue weighted by atomic mass is 32.2. The normalized spacial score (nSPS) is 14.5. The molecule has 2 aromatic carbocycles. The maximum Gasteiger partial charge on any atom is 0.142 e. The van der Waals surface area contributed by atoms with Crippen molar-refractivity contribution < 1.29 is 0 Å². The average molecular weight is 473 g/mol. The van der Waals surface area contributed by atoms with Gasteiger partial charge in [-0.2, -0.15) is 0 Å². The molecule has 1 N–H and O–H groups in total. The molecule has 1 saturated heterocycles. The van der Waals surface area contributed by atoms with Crippen molar-refractivity contribution in [3.63, 3.8) is 0 Å². The number of aryl methyl sites for hydroxylation is 1. The lowest BCUT2D eigenvalue weighted by Crippen LogP contribution is -2.44. The lowest BCUT2D eigenvalue weighted by atomic mass is 10.0. The summed E-state index contributed by atoms with van der Waals surface area (Å²) in [7, 11) is 8.40. The molecule has 1 aliphatic heterocycles. The van der Waals surface area contributed by atoms with E-state index in [2.05, 4.69) is 118 Å². The Labute approximate surface area is 206 Å². The number of rotatable bonds is 6. The van der Waals surface area contributed by atoms with Crippen molar-refractivity contribution in [2.24, 2.45) is 7.05 Å². The van der Waals surface area contributed by atoms with Gasteiger partial charge in [0.1, 0.15) is 5.65 Å². The van der Waals surface area contributed by atoms with Gasteiger partial charge in [0.2, 0.25) is 0 Å². The number of hydrogen-bond donors (Lipinski definition) is 1. The van der Waals surface area contributed by atoms with Crippen molar-refractivity contribution in [3.05, 3.63) is 67.0 Å². The van der Waals surface area contributed by atoms with E-state index in [-0.39, 0.29) is 0 Å². The zero-order chi connectivity index (χ0) is 23.7. The fraction of sp³-hybridized carbons (Fsp3) is 0.296. The standard InChI is InChI=1S/C27H32N6S/c1-30(2)21-8-5-7-20(17-21)24-19-32(4)27-26(24)25(11-12-28-27)29-34-23-10-6-9-22(18-23)33-15-13-31(3)14-16-33/h5-12,17-19H,13-16H2,1-4H3,(H,28,29). The summed E-state index contributed by atoms with van der Waals surface area (Å²) in [6.45, 7) is 4.36. The molecule has 4 aromatic rings. The molecule has 0 spiro atoms. The van der Waals surface area contributed by atoms with Gasteiger partial charge in [0.15, 0.2) is 0 Å². The molecular formula is C27H32N6S. The zero-order valence-electron chi connectivity index (χ0n) is 20.3. The summed E-state index contributed by atoms with van der Waals surface area (Å²) >= 11 is 1.66. The number of likely N-dealkylation sites (N-methyl/N-ethyl adjacent to an activating group) is 1. The summed E-state index contributed by atoms with van der Waals surface area (Å²) in [4.78, 5) is 12.9. The van der Waals surface area contributed by atoms with Crippen LogP contribution in [0.1, 0.15) is 0 Å². The third-order valence-corrected chi connectivity index (χ3v) is 7.31. The summed E-state index contributed by atoms with van der Waals surface area (Å²) in [6.07, 6.45) is 4.06. The molecule has 0 unspecified atom stereocenters. The second kappa shape index (κ2) is 9.60. The van der Waals surface area contributed by atoms with Crippen molar-refractivity contribution >= 4 is 40.0 Å². The highest BCUT2D eigenvalue weighted by Crippen LogP contribution is 2.37. The van der Waals surface area contributed by atoms with Gasteiger partial charge in [-0.25, -0.2) is 4.98 Å². The summed E-state index contributed by atoms with van der Waals surface area (Å²) in [5.41, 5.74) is 6.90. The van der Waals surface area contributed by atoms with Crippen LogP contribution in [0, 0.1) is 0 Å². The fourth-order valence-corrected chi connectivity index (χ4v) is 5.21. The van der Waals surface area contributed by atoms with E-state index in [0.29, 0.717) is 0 Å². The number of hydrogen-bond acceptors (Lipinski definition) is 6. The first-order chi connectivity index (χ1) is 16.5. The van der Waals surface area contributed by atoms with Gasteiger partial charge in [-0.3, -0.25) is 0 Å². The highest BCUT2D eigenvalue weighted by molar-refractivity contribution is 8.00. The first-order valence-electron chi connectivity index (χ1n) is 11.7. The van der Waals surface area contributed by atoms with E-state index in [1.165, 1.54) is 27.4 Å². The lowest BCUT2D eigenvalue weighted by Gasteiger charge is -2.34. The molecular weight excluding hydrogens is 440 g/mol. The Morgan fingerprint density at radius 1 is 0.941 bits per heavy atom. The van der Waals surface area contributed by atoms with E-state index in [1.807, 2.05) is 6.20 Å². The van der Waals surface area contributed by atoms with E-state index < -0.39 is 0 Å². The Kier molecular flexibility index (Phi) is 6.39. The Morgan fingerprint density at radius 2 is 1.74 bits per heavy atom. The van der Waals surface area contributed by atoms with Gasteiger partial charge >= 0.3 is 0 Å². The fourth-order valence-electron chi connectivity index (χ4n) is 4.48. The van der Waals surface area contributed by atoms with E-state index in [9.17, 15) is 0 Å². The molecule has 0 atom stereocenters.